The summed E-state index contributed by atoms with van der Waals surface area (Å²) in [5, 5.41) is 4.39. The Morgan fingerprint density at radius 1 is 1.22 bits per heavy atom. The molecule has 3 heterocycles. The topological polar surface area (TPSA) is 85.9 Å². The first-order valence-electron chi connectivity index (χ1n) is 10.8. The van der Waals surface area contributed by atoms with Gasteiger partial charge in [-0.15, -0.1) is 0 Å². The van der Waals surface area contributed by atoms with Crippen molar-refractivity contribution in [2.75, 3.05) is 19.7 Å². The lowest BCUT2D eigenvalue weighted by atomic mass is 9.98. The molecule has 1 fully saturated rings. The fourth-order valence-electron chi connectivity index (χ4n) is 3.99. The molecule has 168 valence electrons. The number of carbonyl (C=O) groups is 2. The van der Waals surface area contributed by atoms with Crippen LogP contribution in [-0.4, -0.2) is 50.7 Å². The van der Waals surface area contributed by atoms with Crippen LogP contribution in [0.15, 0.2) is 47.5 Å². The third-order valence-corrected chi connectivity index (χ3v) is 5.70. The number of esters is 1. The number of nitrogens with zero attached hydrogens (tertiary/aromatic N) is 4. The third-order valence-electron chi connectivity index (χ3n) is 5.70. The molecule has 0 aliphatic carbocycles. The smallest absolute Gasteiger partial charge is 0.310 e. The number of aryl methyl sites for hydroxylation is 1. The molecule has 0 radical (unpaired) electrons. The lowest BCUT2D eigenvalue weighted by Crippen LogP contribution is -2.43. The highest BCUT2D eigenvalue weighted by molar-refractivity contribution is 5.78. The molecule has 0 N–H and O–H groups in total. The van der Waals surface area contributed by atoms with Crippen LogP contribution < -0.4 is 5.56 Å². The van der Waals surface area contributed by atoms with E-state index >= 15 is 0 Å². The van der Waals surface area contributed by atoms with Crippen molar-refractivity contribution in [2.45, 2.75) is 32.7 Å². The Labute approximate surface area is 184 Å². The zero-order valence-corrected chi connectivity index (χ0v) is 17.9. The fraction of sp³-hybridized carbons (Fsp3) is 0.391. The number of aromatic nitrogens is 3. The van der Waals surface area contributed by atoms with Crippen molar-refractivity contribution in [3.05, 3.63) is 58.9 Å². The van der Waals surface area contributed by atoms with Crippen molar-refractivity contribution in [3.63, 3.8) is 0 Å². The van der Waals surface area contributed by atoms with Crippen molar-refractivity contribution >= 4 is 17.4 Å². The summed E-state index contributed by atoms with van der Waals surface area (Å²) in [6.07, 6.45) is 4.89. The lowest BCUT2D eigenvalue weighted by Gasteiger charge is -2.31. The summed E-state index contributed by atoms with van der Waals surface area (Å²) < 4.78 is 21.2. The molecule has 1 atom stereocenters. The van der Waals surface area contributed by atoms with E-state index in [4.69, 9.17) is 4.74 Å². The van der Waals surface area contributed by atoms with Crippen molar-refractivity contribution in [2.24, 2.45) is 5.92 Å². The summed E-state index contributed by atoms with van der Waals surface area (Å²) in [5.74, 6) is -0.981. The van der Waals surface area contributed by atoms with Crippen LogP contribution in [0.3, 0.4) is 0 Å². The third kappa shape index (κ3) is 4.56. The summed E-state index contributed by atoms with van der Waals surface area (Å²) in [6, 6.07) is 7.56. The van der Waals surface area contributed by atoms with Gasteiger partial charge in [0, 0.05) is 44.0 Å². The van der Waals surface area contributed by atoms with Crippen LogP contribution in [0.5, 0.6) is 0 Å². The van der Waals surface area contributed by atoms with E-state index < -0.39 is 0 Å². The Balaban J connectivity index is 1.44. The molecule has 0 saturated carbocycles. The molecule has 9 heteroatoms. The molecular formula is C23H25FN4O4. The molecular weight excluding hydrogens is 415 g/mol. The van der Waals surface area contributed by atoms with Crippen molar-refractivity contribution in [3.8, 4) is 11.3 Å². The first-order valence-corrected chi connectivity index (χ1v) is 10.8. The SMILES string of the molecule is CCOC(=O)C1CCCN(C(=O)CCn2ccn3nc(-c4ccc(F)cc4)cc3c2=O)C1. The molecule has 1 aromatic carbocycles. The van der Waals surface area contributed by atoms with Crippen LogP contribution in [-0.2, 0) is 20.9 Å². The number of carbonyl (C=O) groups excluding carboxylic acids is 2. The molecule has 0 bridgehead atoms. The number of hydrogen-bond acceptors (Lipinski definition) is 5. The second-order valence-corrected chi connectivity index (χ2v) is 7.84. The van der Waals surface area contributed by atoms with E-state index in [1.165, 1.54) is 21.2 Å². The molecule has 32 heavy (non-hydrogen) atoms. The average molecular weight is 440 g/mol. The van der Waals surface area contributed by atoms with E-state index in [-0.39, 0.29) is 42.1 Å². The number of benzene rings is 1. The largest absolute Gasteiger partial charge is 0.466 e. The quantitative estimate of drug-likeness (QED) is 0.550. The molecule has 2 aromatic heterocycles. The second-order valence-electron chi connectivity index (χ2n) is 7.84. The molecule has 0 spiro atoms. The lowest BCUT2D eigenvalue weighted by molar-refractivity contribution is -0.151. The highest BCUT2D eigenvalue weighted by Gasteiger charge is 2.29. The summed E-state index contributed by atoms with van der Waals surface area (Å²) in [7, 11) is 0. The minimum absolute atomic E-state index is 0.0914. The highest BCUT2D eigenvalue weighted by Crippen LogP contribution is 2.20. The van der Waals surface area contributed by atoms with Crippen LogP contribution in [0.1, 0.15) is 26.2 Å². The van der Waals surface area contributed by atoms with Gasteiger partial charge in [-0.3, -0.25) is 14.4 Å². The Bertz CT molecular complexity index is 1180. The molecule has 1 aliphatic rings. The predicted octanol–water partition coefficient (Wildman–Crippen LogP) is 2.49. The number of ether oxygens (including phenoxy) is 1. The van der Waals surface area contributed by atoms with Gasteiger partial charge in [-0.1, -0.05) is 0 Å². The Morgan fingerprint density at radius 2 is 2.00 bits per heavy atom. The molecule has 1 aliphatic heterocycles. The van der Waals surface area contributed by atoms with E-state index in [1.807, 2.05) is 0 Å². The number of halogens is 1. The maximum absolute atomic E-state index is 13.2. The predicted molar refractivity (Wildman–Crippen MR) is 115 cm³/mol. The van der Waals surface area contributed by atoms with Crippen LogP contribution in [0.25, 0.3) is 16.8 Å². The Hall–Kier alpha value is -3.49. The van der Waals surface area contributed by atoms with Gasteiger partial charge in [0.2, 0.25) is 5.91 Å². The summed E-state index contributed by atoms with van der Waals surface area (Å²) >= 11 is 0. The summed E-state index contributed by atoms with van der Waals surface area (Å²) in [5.41, 5.74) is 1.38. The number of fused-ring (bicyclic) bond motifs is 1. The zero-order chi connectivity index (χ0) is 22.7. The van der Waals surface area contributed by atoms with Crippen LogP contribution in [0.4, 0.5) is 4.39 Å². The van der Waals surface area contributed by atoms with E-state index in [9.17, 15) is 18.8 Å². The number of piperidine rings is 1. The molecule has 8 nitrogen and oxygen atoms in total. The molecule has 1 amide bonds. The van der Waals surface area contributed by atoms with E-state index in [2.05, 4.69) is 5.10 Å². The van der Waals surface area contributed by atoms with E-state index in [0.717, 1.165) is 12.8 Å². The molecule has 1 unspecified atom stereocenters. The fourth-order valence-corrected chi connectivity index (χ4v) is 3.99. The highest BCUT2D eigenvalue weighted by atomic mass is 19.1. The van der Waals surface area contributed by atoms with E-state index in [1.54, 1.807) is 42.4 Å². The van der Waals surface area contributed by atoms with E-state index in [0.29, 0.717) is 36.5 Å². The standard InChI is InChI=1S/C23H25FN4O4/c1-2-32-23(31)17-4-3-10-27(15-17)21(29)9-11-26-12-13-28-20(22(26)30)14-19(25-28)16-5-7-18(24)8-6-16/h5-8,12-14,17H,2-4,9-11,15H2,1H3. The molecule has 1 saturated heterocycles. The van der Waals surface area contributed by atoms with Crippen molar-refractivity contribution in [1.29, 1.82) is 0 Å². The van der Waals surface area contributed by atoms with Gasteiger partial charge in [0.05, 0.1) is 18.2 Å². The van der Waals surface area contributed by atoms with Gasteiger partial charge in [-0.2, -0.15) is 5.10 Å². The van der Waals surface area contributed by atoms with Gasteiger partial charge in [0.1, 0.15) is 11.3 Å². The maximum atomic E-state index is 13.2. The van der Waals surface area contributed by atoms with Gasteiger partial charge in [0.15, 0.2) is 0 Å². The molecule has 3 aromatic rings. The minimum atomic E-state index is -0.341. The van der Waals surface area contributed by atoms with Gasteiger partial charge < -0.3 is 14.2 Å². The zero-order valence-electron chi connectivity index (χ0n) is 17.9. The monoisotopic (exact) mass is 440 g/mol. The van der Waals surface area contributed by atoms with Crippen molar-refractivity contribution < 1.29 is 18.7 Å². The normalized spacial score (nSPS) is 16.3. The second kappa shape index (κ2) is 9.33. The van der Waals surface area contributed by atoms with Crippen LogP contribution in [0.2, 0.25) is 0 Å². The van der Waals surface area contributed by atoms with Gasteiger partial charge in [0.25, 0.3) is 5.56 Å². The minimum Gasteiger partial charge on any atom is -0.466 e. The Kier molecular flexibility index (Phi) is 6.34. The van der Waals surface area contributed by atoms with Gasteiger partial charge >= 0.3 is 5.97 Å². The Morgan fingerprint density at radius 3 is 2.75 bits per heavy atom. The number of rotatable bonds is 6. The maximum Gasteiger partial charge on any atom is 0.310 e. The number of hydrogen-bond donors (Lipinski definition) is 0. The van der Waals surface area contributed by atoms with Gasteiger partial charge in [-0.25, -0.2) is 8.91 Å². The average Bonchev–Trinajstić information content (AvgIpc) is 3.24. The van der Waals surface area contributed by atoms with Crippen molar-refractivity contribution in [1.82, 2.24) is 19.1 Å². The van der Waals surface area contributed by atoms with Crippen LogP contribution >= 0.6 is 0 Å². The first-order chi connectivity index (χ1) is 15.5. The summed E-state index contributed by atoms with van der Waals surface area (Å²) in [6.45, 7) is 3.28. The van der Waals surface area contributed by atoms with Gasteiger partial charge in [-0.05, 0) is 50.1 Å². The van der Waals surface area contributed by atoms with Crippen LogP contribution in [0, 0.1) is 11.7 Å². The summed E-state index contributed by atoms with van der Waals surface area (Å²) in [4.78, 5) is 39.3. The molecule has 4 rings (SSSR count). The first kappa shape index (κ1) is 21.7. The number of amides is 1. The number of likely N-dealkylation sites (tertiary alicyclic amines) is 1.